The maximum absolute atomic E-state index is 13.5. The van der Waals surface area contributed by atoms with Gasteiger partial charge in [-0.25, -0.2) is 0 Å². The van der Waals surface area contributed by atoms with Crippen LogP contribution in [0.25, 0.3) is 0 Å². The van der Waals surface area contributed by atoms with Gasteiger partial charge in [-0.3, -0.25) is 9.69 Å². The second-order valence-corrected chi connectivity index (χ2v) is 8.37. The van der Waals surface area contributed by atoms with Crippen LogP contribution in [0.2, 0.25) is 5.02 Å². The van der Waals surface area contributed by atoms with Gasteiger partial charge in [-0.2, -0.15) is 0 Å². The summed E-state index contributed by atoms with van der Waals surface area (Å²) in [5.74, 6) is 2.64. The van der Waals surface area contributed by atoms with E-state index < -0.39 is 0 Å². The number of likely N-dealkylation sites (tertiary alicyclic amines) is 1. The van der Waals surface area contributed by atoms with Gasteiger partial charge >= 0.3 is 0 Å². The van der Waals surface area contributed by atoms with Crippen molar-refractivity contribution in [3.8, 4) is 0 Å². The van der Waals surface area contributed by atoms with Crippen LogP contribution in [0.4, 0.5) is 0 Å². The van der Waals surface area contributed by atoms with Crippen molar-refractivity contribution in [2.75, 3.05) is 13.1 Å². The fourth-order valence-electron chi connectivity index (χ4n) is 5.47. The highest BCUT2D eigenvalue weighted by molar-refractivity contribution is 6.30. The zero-order chi connectivity index (χ0) is 17.9. The Balaban J connectivity index is 1.42. The van der Waals surface area contributed by atoms with Crippen LogP contribution in [0.15, 0.2) is 40.8 Å². The standard InChI is InChI=1S/C21H23ClN2O2/c1-14-6-7-19(26-14)18-11-16-13-23(12-15-4-2-5-17(22)10-15)20(25)21(16)8-3-9-24(18)21/h2,4-7,10,16,18H,3,8-9,11-13H2,1H3/t16-,18-,21-/m0/s1. The van der Waals surface area contributed by atoms with Gasteiger partial charge < -0.3 is 9.32 Å². The van der Waals surface area contributed by atoms with E-state index in [0.717, 1.165) is 54.5 Å². The van der Waals surface area contributed by atoms with Crippen LogP contribution in [-0.2, 0) is 11.3 Å². The summed E-state index contributed by atoms with van der Waals surface area (Å²) in [5, 5.41) is 0.725. The van der Waals surface area contributed by atoms with Gasteiger partial charge in [0.2, 0.25) is 5.91 Å². The van der Waals surface area contributed by atoms with Gasteiger partial charge in [0.15, 0.2) is 0 Å². The number of hydrogen-bond acceptors (Lipinski definition) is 3. The van der Waals surface area contributed by atoms with Crippen molar-refractivity contribution >= 4 is 17.5 Å². The fraction of sp³-hybridized carbons (Fsp3) is 0.476. The van der Waals surface area contributed by atoms with Gasteiger partial charge in [-0.1, -0.05) is 23.7 Å². The highest BCUT2D eigenvalue weighted by Gasteiger charge is 2.65. The molecule has 3 fully saturated rings. The van der Waals surface area contributed by atoms with Gasteiger partial charge in [0.25, 0.3) is 0 Å². The lowest BCUT2D eigenvalue weighted by Crippen LogP contribution is -2.49. The normalized spacial score (nSPS) is 30.8. The Kier molecular flexibility index (Phi) is 3.70. The van der Waals surface area contributed by atoms with Crippen LogP contribution in [0.3, 0.4) is 0 Å². The summed E-state index contributed by atoms with van der Waals surface area (Å²) in [6.45, 7) is 4.45. The van der Waals surface area contributed by atoms with Crippen molar-refractivity contribution in [3.63, 3.8) is 0 Å². The smallest absolute Gasteiger partial charge is 0.243 e. The molecule has 0 bridgehead atoms. The van der Waals surface area contributed by atoms with E-state index in [2.05, 4.69) is 11.0 Å². The topological polar surface area (TPSA) is 36.7 Å². The van der Waals surface area contributed by atoms with Gasteiger partial charge in [0.05, 0.1) is 6.04 Å². The molecule has 5 rings (SSSR count). The largest absolute Gasteiger partial charge is 0.465 e. The molecule has 4 nitrogen and oxygen atoms in total. The summed E-state index contributed by atoms with van der Waals surface area (Å²) in [6, 6.07) is 12.2. The molecular formula is C21H23ClN2O2. The fourth-order valence-corrected chi connectivity index (χ4v) is 5.69. The molecule has 3 atom stereocenters. The first-order chi connectivity index (χ1) is 12.6. The lowest BCUT2D eigenvalue weighted by atomic mass is 9.85. The molecule has 136 valence electrons. The Labute approximate surface area is 158 Å². The molecule has 1 aromatic heterocycles. The molecule has 3 saturated heterocycles. The molecule has 26 heavy (non-hydrogen) atoms. The third kappa shape index (κ3) is 2.28. The van der Waals surface area contributed by atoms with Crippen LogP contribution in [-0.4, -0.2) is 34.3 Å². The monoisotopic (exact) mass is 370 g/mol. The number of rotatable bonds is 3. The summed E-state index contributed by atoms with van der Waals surface area (Å²) in [7, 11) is 0. The number of furan rings is 1. The number of hydrogen-bond donors (Lipinski definition) is 0. The number of carbonyl (C=O) groups excluding carboxylic acids is 1. The van der Waals surface area contributed by atoms with Crippen LogP contribution in [0, 0.1) is 12.8 Å². The van der Waals surface area contributed by atoms with E-state index in [1.165, 1.54) is 0 Å². The number of aryl methyl sites for hydroxylation is 1. The maximum atomic E-state index is 13.5. The van der Waals surface area contributed by atoms with Crippen LogP contribution in [0.1, 0.15) is 42.4 Å². The van der Waals surface area contributed by atoms with Gasteiger partial charge in [0, 0.05) is 30.6 Å². The quantitative estimate of drug-likeness (QED) is 0.813. The third-order valence-electron chi connectivity index (χ3n) is 6.48. The van der Waals surface area contributed by atoms with E-state index in [1.807, 2.05) is 42.2 Å². The Morgan fingerprint density at radius 3 is 2.96 bits per heavy atom. The van der Waals surface area contributed by atoms with Crippen molar-refractivity contribution in [1.82, 2.24) is 9.80 Å². The molecule has 3 aliphatic heterocycles. The SMILES string of the molecule is Cc1ccc([C@@H]2C[C@H]3CN(Cc4cccc(Cl)c4)C(=O)[C@]34CCCN24)o1. The Bertz CT molecular complexity index is 863. The zero-order valence-electron chi connectivity index (χ0n) is 15.0. The van der Waals surface area contributed by atoms with E-state index in [0.29, 0.717) is 18.4 Å². The van der Waals surface area contributed by atoms with Crippen molar-refractivity contribution < 1.29 is 9.21 Å². The minimum absolute atomic E-state index is 0.244. The molecule has 1 aromatic carbocycles. The Morgan fingerprint density at radius 1 is 1.31 bits per heavy atom. The van der Waals surface area contributed by atoms with Crippen molar-refractivity contribution in [3.05, 3.63) is 58.5 Å². The second kappa shape index (κ2) is 5.86. The number of nitrogens with zero attached hydrogens (tertiary/aromatic N) is 2. The van der Waals surface area contributed by atoms with Gasteiger partial charge in [-0.05, 0) is 56.0 Å². The first kappa shape index (κ1) is 16.4. The van der Waals surface area contributed by atoms with E-state index in [-0.39, 0.29) is 11.6 Å². The molecule has 1 spiro atoms. The molecule has 0 saturated carbocycles. The highest BCUT2D eigenvalue weighted by Crippen LogP contribution is 2.56. The minimum atomic E-state index is -0.316. The zero-order valence-corrected chi connectivity index (χ0v) is 15.7. The van der Waals surface area contributed by atoms with Gasteiger partial charge in [0.1, 0.15) is 17.1 Å². The van der Waals surface area contributed by atoms with Crippen molar-refractivity contribution in [2.45, 2.75) is 44.3 Å². The number of halogens is 1. The van der Waals surface area contributed by atoms with E-state index >= 15 is 0 Å². The Hall–Kier alpha value is -1.78. The molecule has 5 heteroatoms. The average Bonchev–Trinajstić information content (AvgIpc) is 3.33. The van der Waals surface area contributed by atoms with Crippen molar-refractivity contribution in [2.24, 2.45) is 5.92 Å². The van der Waals surface area contributed by atoms with Gasteiger partial charge in [-0.15, -0.1) is 0 Å². The van der Waals surface area contributed by atoms with E-state index in [4.69, 9.17) is 16.0 Å². The summed E-state index contributed by atoms with van der Waals surface area (Å²) in [6.07, 6.45) is 3.06. The summed E-state index contributed by atoms with van der Waals surface area (Å²) < 4.78 is 5.93. The molecule has 2 aromatic rings. The van der Waals surface area contributed by atoms with Crippen LogP contribution >= 0.6 is 11.6 Å². The third-order valence-corrected chi connectivity index (χ3v) is 6.71. The first-order valence-electron chi connectivity index (χ1n) is 9.45. The summed E-state index contributed by atoms with van der Waals surface area (Å²) in [4.78, 5) is 18.0. The van der Waals surface area contributed by atoms with E-state index in [9.17, 15) is 4.79 Å². The minimum Gasteiger partial charge on any atom is -0.465 e. The first-order valence-corrected chi connectivity index (χ1v) is 9.82. The second-order valence-electron chi connectivity index (χ2n) is 7.93. The summed E-state index contributed by atoms with van der Waals surface area (Å²) >= 11 is 6.12. The summed E-state index contributed by atoms with van der Waals surface area (Å²) in [5.41, 5.74) is 0.786. The lowest BCUT2D eigenvalue weighted by Gasteiger charge is -2.32. The lowest BCUT2D eigenvalue weighted by molar-refractivity contribution is -0.137. The predicted molar refractivity (Wildman–Crippen MR) is 99.8 cm³/mol. The molecular weight excluding hydrogens is 348 g/mol. The maximum Gasteiger partial charge on any atom is 0.243 e. The molecule has 0 unspecified atom stereocenters. The number of amides is 1. The molecule has 0 aliphatic carbocycles. The molecule has 1 amide bonds. The number of carbonyl (C=O) groups is 1. The van der Waals surface area contributed by atoms with Crippen molar-refractivity contribution in [1.29, 1.82) is 0 Å². The molecule has 0 N–H and O–H groups in total. The highest BCUT2D eigenvalue weighted by atomic mass is 35.5. The molecule has 3 aliphatic rings. The number of benzene rings is 1. The van der Waals surface area contributed by atoms with E-state index in [1.54, 1.807) is 0 Å². The van der Waals surface area contributed by atoms with Crippen LogP contribution < -0.4 is 0 Å². The Morgan fingerprint density at radius 2 is 2.19 bits per heavy atom. The van der Waals surface area contributed by atoms with Crippen LogP contribution in [0.5, 0.6) is 0 Å². The molecule has 0 radical (unpaired) electrons. The predicted octanol–water partition coefficient (Wildman–Crippen LogP) is 4.18. The average molecular weight is 371 g/mol. The molecule has 4 heterocycles.